The lowest BCUT2D eigenvalue weighted by Gasteiger charge is -2.35. The van der Waals surface area contributed by atoms with Gasteiger partial charge in [0.15, 0.2) is 0 Å². The van der Waals surface area contributed by atoms with Crippen molar-refractivity contribution in [1.29, 1.82) is 0 Å². The highest BCUT2D eigenvalue weighted by molar-refractivity contribution is 5.69. The molecule has 1 aromatic heterocycles. The molecule has 98 valence electrons. The Bertz CT molecular complexity index is 580. The molecule has 1 unspecified atom stereocenters. The minimum absolute atomic E-state index is 0.547. The Kier molecular flexibility index (Phi) is 3.22. The van der Waals surface area contributed by atoms with Gasteiger partial charge in [0.25, 0.3) is 0 Å². The highest BCUT2D eigenvalue weighted by Crippen LogP contribution is 2.36. The van der Waals surface area contributed by atoms with Gasteiger partial charge in [-0.15, -0.1) is 0 Å². The van der Waals surface area contributed by atoms with Gasteiger partial charge in [-0.2, -0.15) is 0 Å². The predicted octanol–water partition coefficient (Wildman–Crippen LogP) is 2.87. The van der Waals surface area contributed by atoms with Crippen LogP contribution < -0.4 is 10.6 Å². The Hall–Kier alpha value is -1.87. The molecular weight excluding hydrogens is 234 g/mol. The van der Waals surface area contributed by atoms with Crippen LogP contribution in [0.5, 0.6) is 0 Å². The minimum Gasteiger partial charge on any atom is -0.339 e. The van der Waals surface area contributed by atoms with Crippen LogP contribution >= 0.6 is 0 Å². The van der Waals surface area contributed by atoms with Gasteiger partial charge in [0.05, 0.1) is 11.9 Å². The van der Waals surface area contributed by atoms with Gasteiger partial charge in [0.1, 0.15) is 0 Å². The molecule has 1 aliphatic heterocycles. The fraction of sp³-hybridized carbons (Fsp3) is 0.312. The number of rotatable bonds is 2. The maximum Gasteiger partial charge on any atom is 0.0642 e. The van der Waals surface area contributed by atoms with E-state index < -0.39 is 0 Å². The van der Waals surface area contributed by atoms with E-state index in [2.05, 4.69) is 41.1 Å². The van der Waals surface area contributed by atoms with Gasteiger partial charge >= 0.3 is 0 Å². The number of nitrogens with two attached hydrogens (primary N) is 1. The highest BCUT2D eigenvalue weighted by Gasteiger charge is 2.23. The SMILES string of the molecule is CC1Cc2ccccc2N(c2cnccc2CN)C1. The van der Waals surface area contributed by atoms with Gasteiger partial charge in [0.2, 0.25) is 0 Å². The largest absolute Gasteiger partial charge is 0.339 e. The van der Waals surface area contributed by atoms with Crippen LogP contribution in [0.15, 0.2) is 42.7 Å². The lowest BCUT2D eigenvalue weighted by Crippen LogP contribution is -2.31. The first-order valence-corrected chi connectivity index (χ1v) is 6.78. The van der Waals surface area contributed by atoms with E-state index in [4.69, 9.17) is 5.73 Å². The molecule has 0 fully saturated rings. The molecule has 3 heteroatoms. The molecule has 3 nitrogen and oxygen atoms in total. The molecular formula is C16H19N3. The first-order valence-electron chi connectivity index (χ1n) is 6.78. The van der Waals surface area contributed by atoms with Crippen molar-refractivity contribution in [1.82, 2.24) is 4.98 Å². The number of fused-ring (bicyclic) bond motifs is 1. The molecule has 19 heavy (non-hydrogen) atoms. The van der Waals surface area contributed by atoms with Gasteiger partial charge in [0, 0.05) is 25.0 Å². The summed E-state index contributed by atoms with van der Waals surface area (Å²) in [6.07, 6.45) is 4.88. The molecule has 2 aromatic rings. The summed E-state index contributed by atoms with van der Waals surface area (Å²) in [6, 6.07) is 10.6. The van der Waals surface area contributed by atoms with Crippen molar-refractivity contribution in [2.24, 2.45) is 11.7 Å². The third-order valence-corrected chi connectivity index (χ3v) is 3.74. The standard InChI is InChI=1S/C16H19N3/c1-12-8-13-4-2-3-5-15(13)19(11-12)16-10-18-7-6-14(16)9-17/h2-7,10,12H,8-9,11,17H2,1H3. The van der Waals surface area contributed by atoms with E-state index in [1.54, 1.807) is 0 Å². The Morgan fingerprint density at radius 2 is 2.11 bits per heavy atom. The zero-order valence-electron chi connectivity index (χ0n) is 11.2. The van der Waals surface area contributed by atoms with Crippen LogP contribution in [0.2, 0.25) is 0 Å². The average molecular weight is 253 g/mol. The summed E-state index contributed by atoms with van der Waals surface area (Å²) in [5, 5.41) is 0. The molecule has 2 N–H and O–H groups in total. The van der Waals surface area contributed by atoms with E-state index in [1.165, 1.54) is 11.3 Å². The van der Waals surface area contributed by atoms with Gasteiger partial charge in [-0.05, 0) is 35.6 Å². The van der Waals surface area contributed by atoms with Crippen LogP contribution in [-0.4, -0.2) is 11.5 Å². The summed E-state index contributed by atoms with van der Waals surface area (Å²) in [6.45, 7) is 3.86. The van der Waals surface area contributed by atoms with Crippen LogP contribution in [0.3, 0.4) is 0 Å². The van der Waals surface area contributed by atoms with Crippen LogP contribution in [0.25, 0.3) is 0 Å². The third kappa shape index (κ3) is 2.22. The quantitative estimate of drug-likeness (QED) is 0.895. The summed E-state index contributed by atoms with van der Waals surface area (Å²) >= 11 is 0. The highest BCUT2D eigenvalue weighted by atomic mass is 15.2. The monoisotopic (exact) mass is 253 g/mol. The van der Waals surface area contributed by atoms with Gasteiger partial charge in [-0.25, -0.2) is 0 Å². The fourth-order valence-electron chi connectivity index (χ4n) is 2.86. The summed E-state index contributed by atoms with van der Waals surface area (Å²) in [4.78, 5) is 6.63. The van der Waals surface area contributed by atoms with Crippen molar-refractivity contribution in [2.45, 2.75) is 19.9 Å². The number of benzene rings is 1. The molecule has 3 rings (SSSR count). The second kappa shape index (κ2) is 5.02. The van der Waals surface area contributed by atoms with Crippen molar-refractivity contribution in [3.8, 4) is 0 Å². The number of hydrogen-bond donors (Lipinski definition) is 1. The van der Waals surface area contributed by atoms with E-state index in [-0.39, 0.29) is 0 Å². The van der Waals surface area contributed by atoms with Crippen molar-refractivity contribution >= 4 is 11.4 Å². The van der Waals surface area contributed by atoms with E-state index >= 15 is 0 Å². The third-order valence-electron chi connectivity index (χ3n) is 3.74. The van der Waals surface area contributed by atoms with E-state index in [0.29, 0.717) is 12.5 Å². The number of anilines is 2. The second-order valence-corrected chi connectivity index (χ2v) is 5.26. The van der Waals surface area contributed by atoms with Crippen molar-refractivity contribution in [3.63, 3.8) is 0 Å². The summed E-state index contributed by atoms with van der Waals surface area (Å²) in [5.74, 6) is 0.640. The molecule has 0 radical (unpaired) electrons. The molecule has 0 bridgehead atoms. The zero-order valence-corrected chi connectivity index (χ0v) is 11.2. The Morgan fingerprint density at radius 3 is 2.95 bits per heavy atom. The minimum atomic E-state index is 0.547. The van der Waals surface area contributed by atoms with Crippen molar-refractivity contribution < 1.29 is 0 Å². The van der Waals surface area contributed by atoms with Crippen molar-refractivity contribution in [2.75, 3.05) is 11.4 Å². The molecule has 0 aliphatic carbocycles. The lowest BCUT2D eigenvalue weighted by atomic mass is 9.93. The topological polar surface area (TPSA) is 42.2 Å². The molecule has 0 saturated heterocycles. The Morgan fingerprint density at radius 1 is 1.26 bits per heavy atom. The van der Waals surface area contributed by atoms with Gasteiger partial charge in [-0.3, -0.25) is 4.98 Å². The normalized spacial score (nSPS) is 18.2. The molecule has 0 saturated carbocycles. The van der Waals surface area contributed by atoms with Gasteiger partial charge < -0.3 is 10.6 Å². The maximum atomic E-state index is 5.86. The average Bonchev–Trinajstić information content (AvgIpc) is 2.46. The first kappa shape index (κ1) is 12.2. The Balaban J connectivity index is 2.10. The van der Waals surface area contributed by atoms with Gasteiger partial charge in [-0.1, -0.05) is 25.1 Å². The van der Waals surface area contributed by atoms with E-state index in [1.807, 2.05) is 18.5 Å². The zero-order chi connectivity index (χ0) is 13.2. The van der Waals surface area contributed by atoms with E-state index in [0.717, 1.165) is 24.2 Å². The summed E-state index contributed by atoms with van der Waals surface area (Å²) < 4.78 is 0. The number of para-hydroxylation sites is 1. The smallest absolute Gasteiger partial charge is 0.0642 e. The van der Waals surface area contributed by atoms with Crippen LogP contribution in [0.4, 0.5) is 11.4 Å². The number of nitrogens with zero attached hydrogens (tertiary/aromatic N) is 2. The maximum absolute atomic E-state index is 5.86. The van der Waals surface area contributed by atoms with E-state index in [9.17, 15) is 0 Å². The van der Waals surface area contributed by atoms with Crippen molar-refractivity contribution in [3.05, 3.63) is 53.9 Å². The van der Waals surface area contributed by atoms with Crippen LogP contribution in [0, 0.1) is 5.92 Å². The molecule has 2 heterocycles. The molecule has 0 spiro atoms. The second-order valence-electron chi connectivity index (χ2n) is 5.26. The van der Waals surface area contributed by atoms with Crippen LogP contribution in [0.1, 0.15) is 18.1 Å². The molecule has 1 aliphatic rings. The number of aromatic nitrogens is 1. The lowest BCUT2D eigenvalue weighted by molar-refractivity contribution is 0.561. The number of pyridine rings is 1. The summed E-state index contributed by atoms with van der Waals surface area (Å²) in [5.41, 5.74) is 10.9. The predicted molar refractivity (Wildman–Crippen MR) is 78.4 cm³/mol. The molecule has 0 amide bonds. The molecule has 1 atom stereocenters. The fourth-order valence-corrected chi connectivity index (χ4v) is 2.86. The Labute approximate surface area is 114 Å². The first-order chi connectivity index (χ1) is 9.29. The summed E-state index contributed by atoms with van der Waals surface area (Å²) in [7, 11) is 0. The van der Waals surface area contributed by atoms with Crippen LogP contribution in [-0.2, 0) is 13.0 Å². The number of hydrogen-bond acceptors (Lipinski definition) is 3. The molecule has 1 aromatic carbocycles.